The highest BCUT2D eigenvalue weighted by atomic mass is 16.6. The van der Waals surface area contributed by atoms with Crippen LogP contribution >= 0.6 is 0 Å². The van der Waals surface area contributed by atoms with Crippen LogP contribution in [0.3, 0.4) is 0 Å². The maximum absolute atomic E-state index is 13.0. The summed E-state index contributed by atoms with van der Waals surface area (Å²) >= 11 is 0. The van der Waals surface area contributed by atoms with Gasteiger partial charge in [-0.15, -0.1) is 0 Å². The summed E-state index contributed by atoms with van der Waals surface area (Å²) in [6.07, 6.45) is 4.43. The molecule has 2 aromatic rings. The van der Waals surface area contributed by atoms with Crippen molar-refractivity contribution >= 4 is 17.8 Å². The molecule has 0 aliphatic carbocycles. The SMILES string of the molecule is O=C(C1CCN(c2ncccn2)CC1)N1CCN(C(=O)C2COc3ccccc3O2)CC1. The summed E-state index contributed by atoms with van der Waals surface area (Å²) < 4.78 is 11.5. The van der Waals surface area contributed by atoms with Crippen molar-refractivity contribution in [1.82, 2.24) is 19.8 Å². The maximum atomic E-state index is 13.0. The van der Waals surface area contributed by atoms with E-state index in [1.807, 2.05) is 23.1 Å². The Morgan fingerprint density at radius 3 is 2.12 bits per heavy atom. The number of nitrogens with zero attached hydrogens (tertiary/aromatic N) is 5. The van der Waals surface area contributed by atoms with Gasteiger partial charge in [0.2, 0.25) is 18.0 Å². The number of carbonyl (C=O) groups excluding carboxylic acids is 2. The van der Waals surface area contributed by atoms with E-state index in [0.29, 0.717) is 37.7 Å². The van der Waals surface area contributed by atoms with Crippen LogP contribution in [0.15, 0.2) is 42.7 Å². The van der Waals surface area contributed by atoms with Gasteiger partial charge in [0.05, 0.1) is 0 Å². The Labute approximate surface area is 186 Å². The van der Waals surface area contributed by atoms with Crippen molar-refractivity contribution in [3.05, 3.63) is 42.7 Å². The van der Waals surface area contributed by atoms with E-state index in [0.717, 1.165) is 31.9 Å². The van der Waals surface area contributed by atoms with E-state index in [2.05, 4.69) is 14.9 Å². The van der Waals surface area contributed by atoms with Gasteiger partial charge in [-0.25, -0.2) is 9.97 Å². The first-order valence-electron chi connectivity index (χ1n) is 11.2. The number of ether oxygens (including phenoxy) is 2. The van der Waals surface area contributed by atoms with E-state index in [1.165, 1.54) is 0 Å². The van der Waals surface area contributed by atoms with Crippen LogP contribution in [0.1, 0.15) is 12.8 Å². The predicted molar refractivity (Wildman–Crippen MR) is 116 cm³/mol. The summed E-state index contributed by atoms with van der Waals surface area (Å²) in [7, 11) is 0. The molecule has 2 amide bonds. The third-order valence-corrected chi connectivity index (χ3v) is 6.37. The Morgan fingerprint density at radius 1 is 0.812 bits per heavy atom. The highest BCUT2D eigenvalue weighted by Gasteiger charge is 2.35. The molecule has 1 unspecified atom stereocenters. The van der Waals surface area contributed by atoms with Gasteiger partial charge in [0.25, 0.3) is 5.91 Å². The highest BCUT2D eigenvalue weighted by molar-refractivity contribution is 5.83. The second kappa shape index (κ2) is 9.02. The van der Waals surface area contributed by atoms with Crippen LogP contribution in [-0.4, -0.2) is 83.6 Å². The first-order chi connectivity index (χ1) is 15.7. The number of hydrogen-bond donors (Lipinski definition) is 0. The van der Waals surface area contributed by atoms with Crippen LogP contribution in [0.25, 0.3) is 0 Å². The lowest BCUT2D eigenvalue weighted by atomic mass is 9.95. The van der Waals surface area contributed by atoms with Crippen LogP contribution in [0.2, 0.25) is 0 Å². The highest BCUT2D eigenvalue weighted by Crippen LogP contribution is 2.31. The molecule has 2 saturated heterocycles. The Morgan fingerprint density at radius 2 is 1.44 bits per heavy atom. The van der Waals surface area contributed by atoms with Gasteiger partial charge < -0.3 is 24.2 Å². The molecule has 1 atom stereocenters. The molecule has 3 aliphatic rings. The van der Waals surface area contributed by atoms with Gasteiger partial charge in [0, 0.05) is 57.6 Å². The average Bonchev–Trinajstić information content (AvgIpc) is 2.88. The fraction of sp³-hybridized carbons (Fsp3) is 0.478. The zero-order valence-corrected chi connectivity index (χ0v) is 17.9. The Bertz CT molecular complexity index is 956. The molecule has 0 spiro atoms. The molecule has 5 rings (SSSR count). The number of fused-ring (bicyclic) bond motifs is 1. The summed E-state index contributed by atoms with van der Waals surface area (Å²) in [5.41, 5.74) is 0. The quantitative estimate of drug-likeness (QED) is 0.713. The number of piperidine rings is 1. The minimum Gasteiger partial charge on any atom is -0.485 e. The zero-order valence-electron chi connectivity index (χ0n) is 17.9. The Hall–Kier alpha value is -3.36. The van der Waals surface area contributed by atoms with E-state index in [4.69, 9.17) is 9.47 Å². The largest absolute Gasteiger partial charge is 0.485 e. The minimum atomic E-state index is -0.642. The van der Waals surface area contributed by atoms with Crippen molar-refractivity contribution in [2.24, 2.45) is 5.92 Å². The van der Waals surface area contributed by atoms with Gasteiger partial charge >= 0.3 is 0 Å². The van der Waals surface area contributed by atoms with Crippen molar-refractivity contribution < 1.29 is 19.1 Å². The molecule has 0 N–H and O–H groups in total. The number of carbonyl (C=O) groups is 2. The molecule has 32 heavy (non-hydrogen) atoms. The van der Waals surface area contributed by atoms with Crippen LogP contribution in [0, 0.1) is 5.92 Å². The topological polar surface area (TPSA) is 88.1 Å². The molecule has 0 bridgehead atoms. The summed E-state index contributed by atoms with van der Waals surface area (Å²) in [6, 6.07) is 9.17. The van der Waals surface area contributed by atoms with Crippen molar-refractivity contribution in [1.29, 1.82) is 0 Å². The van der Waals surface area contributed by atoms with Crippen LogP contribution in [-0.2, 0) is 9.59 Å². The van der Waals surface area contributed by atoms with Crippen LogP contribution < -0.4 is 14.4 Å². The van der Waals surface area contributed by atoms with E-state index in [-0.39, 0.29) is 24.3 Å². The van der Waals surface area contributed by atoms with Gasteiger partial charge in [0.1, 0.15) is 6.61 Å². The Balaban J connectivity index is 1.10. The molecule has 9 heteroatoms. The number of piperazine rings is 1. The maximum Gasteiger partial charge on any atom is 0.267 e. The van der Waals surface area contributed by atoms with E-state index < -0.39 is 6.10 Å². The molecule has 4 heterocycles. The molecule has 168 valence electrons. The molecule has 1 aromatic heterocycles. The fourth-order valence-electron chi connectivity index (χ4n) is 4.53. The van der Waals surface area contributed by atoms with Crippen molar-refractivity contribution in [2.45, 2.75) is 18.9 Å². The molecule has 2 fully saturated rings. The molecule has 0 radical (unpaired) electrons. The standard InChI is InChI=1S/C23H27N5O4/c29-21(17-6-10-28(11-7-17)23-24-8-3-9-25-23)26-12-14-27(15-13-26)22(30)20-16-31-18-4-1-2-5-19(18)32-20/h1-5,8-9,17,20H,6-7,10-16H2. The van der Waals surface area contributed by atoms with Crippen LogP contribution in [0.4, 0.5) is 5.95 Å². The van der Waals surface area contributed by atoms with E-state index in [1.54, 1.807) is 29.4 Å². The van der Waals surface area contributed by atoms with Crippen LogP contribution in [0.5, 0.6) is 11.5 Å². The average molecular weight is 438 g/mol. The minimum absolute atomic E-state index is 0.0174. The summed E-state index contributed by atoms with van der Waals surface area (Å²) in [5.74, 6) is 2.11. The van der Waals surface area contributed by atoms with Crippen molar-refractivity contribution in [3.8, 4) is 11.5 Å². The van der Waals surface area contributed by atoms with Gasteiger partial charge in [-0.3, -0.25) is 9.59 Å². The lowest BCUT2D eigenvalue weighted by molar-refractivity contribution is -0.147. The fourth-order valence-corrected chi connectivity index (χ4v) is 4.53. The summed E-state index contributed by atoms with van der Waals surface area (Å²) in [4.78, 5) is 40.4. The lowest BCUT2D eigenvalue weighted by Gasteiger charge is -2.39. The monoisotopic (exact) mass is 437 g/mol. The molecule has 1 aromatic carbocycles. The molecule has 0 saturated carbocycles. The predicted octanol–water partition coefficient (Wildman–Crippen LogP) is 1.20. The summed E-state index contributed by atoms with van der Waals surface area (Å²) in [5, 5.41) is 0. The second-order valence-electron chi connectivity index (χ2n) is 8.32. The Kier molecular flexibility index (Phi) is 5.79. The number of hydrogen-bond acceptors (Lipinski definition) is 7. The number of rotatable bonds is 3. The molecule has 9 nitrogen and oxygen atoms in total. The van der Waals surface area contributed by atoms with Gasteiger partial charge in [-0.1, -0.05) is 12.1 Å². The number of para-hydroxylation sites is 2. The third-order valence-electron chi connectivity index (χ3n) is 6.37. The number of benzene rings is 1. The van der Waals surface area contributed by atoms with E-state index >= 15 is 0 Å². The van der Waals surface area contributed by atoms with E-state index in [9.17, 15) is 9.59 Å². The molecule has 3 aliphatic heterocycles. The third kappa shape index (κ3) is 4.19. The first-order valence-corrected chi connectivity index (χ1v) is 11.2. The second-order valence-corrected chi connectivity index (χ2v) is 8.32. The van der Waals surface area contributed by atoms with Crippen molar-refractivity contribution in [3.63, 3.8) is 0 Å². The number of aromatic nitrogens is 2. The first kappa shape index (κ1) is 20.5. The lowest BCUT2D eigenvalue weighted by Crippen LogP contribution is -2.56. The normalized spacial score (nSPS) is 21.4. The molecular formula is C23H27N5O4. The summed E-state index contributed by atoms with van der Waals surface area (Å²) in [6.45, 7) is 3.90. The number of anilines is 1. The van der Waals surface area contributed by atoms with Crippen molar-refractivity contribution in [2.75, 3.05) is 50.8 Å². The van der Waals surface area contributed by atoms with Gasteiger partial charge in [-0.2, -0.15) is 0 Å². The molecular weight excluding hydrogens is 410 g/mol. The number of amides is 2. The van der Waals surface area contributed by atoms with Gasteiger partial charge in [-0.05, 0) is 31.0 Å². The smallest absolute Gasteiger partial charge is 0.267 e. The van der Waals surface area contributed by atoms with Gasteiger partial charge in [0.15, 0.2) is 11.5 Å². The zero-order chi connectivity index (χ0) is 21.9.